The zero-order valence-electron chi connectivity index (χ0n) is 19.0. The molecule has 0 atom stereocenters. The van der Waals surface area contributed by atoms with Gasteiger partial charge in [-0.3, -0.25) is 9.59 Å². The number of thioether (sulfide) groups is 2. The van der Waals surface area contributed by atoms with Gasteiger partial charge in [0.1, 0.15) is 17.1 Å². The topological polar surface area (TPSA) is 84.0 Å². The average molecular weight is 486 g/mol. The minimum Gasteiger partial charge on any atom is -0.493 e. The molecular formula is C23H35NO6S2. The van der Waals surface area contributed by atoms with Crippen LogP contribution in [0.4, 0.5) is 0 Å². The third kappa shape index (κ3) is 11.7. The van der Waals surface area contributed by atoms with Crippen LogP contribution in [0.25, 0.3) is 0 Å². The Morgan fingerprint density at radius 2 is 1.28 bits per heavy atom. The first-order chi connectivity index (χ1) is 15.7. The molecule has 2 rings (SSSR count). The van der Waals surface area contributed by atoms with Gasteiger partial charge in [0.2, 0.25) is 10.2 Å². The number of rotatable bonds is 8. The second kappa shape index (κ2) is 17.4. The summed E-state index contributed by atoms with van der Waals surface area (Å²) in [6.45, 7) is 5.55. The van der Waals surface area contributed by atoms with E-state index in [1.165, 1.54) is 25.7 Å². The molecule has 0 radical (unpaired) electrons. The molecule has 0 aliphatic carbocycles. The fraction of sp³-hybridized carbons (Fsp3) is 0.696. The zero-order chi connectivity index (χ0) is 22.9. The van der Waals surface area contributed by atoms with Gasteiger partial charge in [0.05, 0.1) is 46.2 Å². The van der Waals surface area contributed by atoms with Crippen LogP contribution < -0.4 is 4.74 Å². The molecule has 0 aromatic carbocycles. The molecule has 0 N–H and O–H groups in total. The van der Waals surface area contributed by atoms with E-state index in [1.54, 1.807) is 12.1 Å². The third-order valence-corrected chi connectivity index (χ3v) is 6.33. The number of carbonyl (C=O) groups is 2. The van der Waals surface area contributed by atoms with Crippen molar-refractivity contribution in [2.45, 2.75) is 45.4 Å². The predicted molar refractivity (Wildman–Crippen MR) is 129 cm³/mol. The van der Waals surface area contributed by atoms with Gasteiger partial charge >= 0.3 is 0 Å². The van der Waals surface area contributed by atoms with Gasteiger partial charge in [-0.05, 0) is 6.42 Å². The number of carbonyl (C=O) groups excluding carboxylic acids is 2. The first-order valence-electron chi connectivity index (χ1n) is 11.4. The molecule has 1 aliphatic heterocycles. The Bertz CT molecular complexity index is 644. The van der Waals surface area contributed by atoms with Gasteiger partial charge < -0.3 is 18.9 Å². The molecule has 0 unspecified atom stereocenters. The molecule has 2 bridgehead atoms. The van der Waals surface area contributed by atoms with Crippen LogP contribution in [-0.2, 0) is 14.2 Å². The van der Waals surface area contributed by atoms with Crippen molar-refractivity contribution in [2.75, 3.05) is 57.8 Å². The van der Waals surface area contributed by atoms with Crippen molar-refractivity contribution in [3.63, 3.8) is 0 Å². The van der Waals surface area contributed by atoms with Crippen molar-refractivity contribution in [3.05, 3.63) is 23.5 Å². The van der Waals surface area contributed by atoms with Crippen LogP contribution in [0.2, 0.25) is 0 Å². The van der Waals surface area contributed by atoms with Gasteiger partial charge in [0.25, 0.3) is 0 Å². The summed E-state index contributed by atoms with van der Waals surface area (Å²) >= 11 is 2.26. The van der Waals surface area contributed by atoms with E-state index in [-0.39, 0.29) is 21.6 Å². The predicted octanol–water partition coefficient (Wildman–Crippen LogP) is 4.63. The average Bonchev–Trinajstić information content (AvgIpc) is 2.80. The highest BCUT2D eigenvalue weighted by Crippen LogP contribution is 2.22. The zero-order valence-corrected chi connectivity index (χ0v) is 20.6. The minimum absolute atomic E-state index is 0.196. The number of nitrogens with zero attached hydrogens (tertiary/aromatic N) is 1. The second-order valence-electron chi connectivity index (χ2n) is 7.30. The van der Waals surface area contributed by atoms with Crippen LogP contribution in [-0.4, -0.2) is 73.0 Å². The first kappa shape index (κ1) is 27.1. The molecule has 1 aromatic rings. The normalized spacial score (nSPS) is 17.5. The highest BCUT2D eigenvalue weighted by Gasteiger charge is 2.17. The van der Waals surface area contributed by atoms with Gasteiger partial charge in [0.15, 0.2) is 0 Å². The number of fused-ring (bicyclic) bond motifs is 2. The summed E-state index contributed by atoms with van der Waals surface area (Å²) in [6, 6.07) is 3.26. The van der Waals surface area contributed by atoms with E-state index >= 15 is 0 Å². The Hall–Kier alpha value is -1.13. The summed E-state index contributed by atoms with van der Waals surface area (Å²) in [5, 5.41) is -0.392. The molecule has 1 aliphatic rings. The van der Waals surface area contributed by atoms with Crippen molar-refractivity contribution in [1.82, 2.24) is 4.98 Å². The van der Waals surface area contributed by atoms with Crippen LogP contribution >= 0.6 is 23.5 Å². The lowest BCUT2D eigenvalue weighted by Crippen LogP contribution is -2.13. The number of unbranched alkanes of at least 4 members (excludes halogenated alkanes) is 5. The standard InChI is InChI=1S/C23H35NO6S2/c1-2-3-4-5-6-7-8-30-19-17-20-22(25)31-15-13-28-11-9-27-10-12-29-14-16-32-23(26)21(18-19)24-20/h17-18H,2-16H2,1H3. The van der Waals surface area contributed by atoms with Crippen LogP contribution in [0.5, 0.6) is 5.75 Å². The van der Waals surface area contributed by atoms with Crippen molar-refractivity contribution >= 4 is 33.8 Å². The first-order valence-corrected chi connectivity index (χ1v) is 13.4. The van der Waals surface area contributed by atoms with Crippen molar-refractivity contribution in [2.24, 2.45) is 0 Å². The summed E-state index contributed by atoms with van der Waals surface area (Å²) in [5.74, 6) is 1.52. The number of pyridine rings is 1. The highest BCUT2D eigenvalue weighted by molar-refractivity contribution is 8.14. The van der Waals surface area contributed by atoms with E-state index in [1.807, 2.05) is 0 Å². The van der Waals surface area contributed by atoms with E-state index in [4.69, 9.17) is 18.9 Å². The third-order valence-electron chi connectivity index (χ3n) is 4.65. The van der Waals surface area contributed by atoms with Crippen LogP contribution in [0.3, 0.4) is 0 Å². The number of ether oxygens (including phenoxy) is 4. The Morgan fingerprint density at radius 1 is 0.781 bits per heavy atom. The van der Waals surface area contributed by atoms with Crippen LogP contribution in [0.1, 0.15) is 66.4 Å². The lowest BCUT2D eigenvalue weighted by atomic mass is 10.1. The fourth-order valence-corrected chi connectivity index (χ4v) is 4.22. The second-order valence-corrected chi connectivity index (χ2v) is 9.43. The van der Waals surface area contributed by atoms with Crippen molar-refractivity contribution in [3.8, 4) is 5.75 Å². The SMILES string of the molecule is CCCCCCCCOc1cc2nc(c1)C(=O)SCCOCCOCCOCCSC2=O. The molecular weight excluding hydrogens is 450 g/mol. The quantitative estimate of drug-likeness (QED) is 0.489. The number of hydrogen-bond acceptors (Lipinski definition) is 9. The van der Waals surface area contributed by atoms with Gasteiger partial charge in [-0.1, -0.05) is 62.6 Å². The lowest BCUT2D eigenvalue weighted by molar-refractivity contribution is 0.0205. The molecule has 0 saturated carbocycles. The van der Waals surface area contributed by atoms with Gasteiger partial charge in [-0.2, -0.15) is 0 Å². The summed E-state index contributed by atoms with van der Waals surface area (Å²) in [5.41, 5.74) is 0.472. The number of aromatic nitrogens is 1. The Kier molecular flexibility index (Phi) is 14.7. The number of hydrogen-bond donors (Lipinski definition) is 0. The molecule has 32 heavy (non-hydrogen) atoms. The van der Waals surface area contributed by atoms with Crippen molar-refractivity contribution < 1.29 is 28.5 Å². The largest absolute Gasteiger partial charge is 0.493 e. The molecule has 0 saturated heterocycles. The molecule has 9 heteroatoms. The summed E-state index contributed by atoms with van der Waals surface area (Å²) in [6.07, 6.45) is 6.99. The molecule has 0 amide bonds. The Morgan fingerprint density at radius 3 is 1.84 bits per heavy atom. The molecule has 0 fully saturated rings. The van der Waals surface area contributed by atoms with E-state index in [0.29, 0.717) is 63.5 Å². The minimum atomic E-state index is -0.196. The van der Waals surface area contributed by atoms with Crippen LogP contribution in [0, 0.1) is 0 Å². The van der Waals surface area contributed by atoms with E-state index in [0.717, 1.165) is 36.4 Å². The van der Waals surface area contributed by atoms with Crippen LogP contribution in [0.15, 0.2) is 12.1 Å². The molecule has 180 valence electrons. The van der Waals surface area contributed by atoms with E-state index in [9.17, 15) is 9.59 Å². The maximum absolute atomic E-state index is 12.6. The molecule has 0 spiro atoms. The highest BCUT2D eigenvalue weighted by atomic mass is 32.2. The lowest BCUT2D eigenvalue weighted by Gasteiger charge is -2.11. The Labute approximate surface area is 199 Å². The molecule has 7 nitrogen and oxygen atoms in total. The summed E-state index contributed by atoms with van der Waals surface area (Å²) in [4.78, 5) is 29.6. The Balaban J connectivity index is 1.98. The fourth-order valence-electron chi connectivity index (χ4n) is 2.95. The van der Waals surface area contributed by atoms with Gasteiger partial charge in [-0.15, -0.1) is 0 Å². The maximum Gasteiger partial charge on any atom is 0.237 e. The monoisotopic (exact) mass is 485 g/mol. The molecule has 1 aromatic heterocycles. The van der Waals surface area contributed by atoms with E-state index in [2.05, 4.69) is 11.9 Å². The summed E-state index contributed by atoms with van der Waals surface area (Å²) in [7, 11) is 0. The summed E-state index contributed by atoms with van der Waals surface area (Å²) < 4.78 is 22.3. The van der Waals surface area contributed by atoms with Crippen molar-refractivity contribution in [1.29, 1.82) is 0 Å². The van der Waals surface area contributed by atoms with Gasteiger partial charge in [-0.25, -0.2) is 4.98 Å². The van der Waals surface area contributed by atoms with E-state index < -0.39 is 0 Å². The maximum atomic E-state index is 12.6. The van der Waals surface area contributed by atoms with Gasteiger partial charge in [0, 0.05) is 23.6 Å². The smallest absolute Gasteiger partial charge is 0.237 e. The molecule has 2 heterocycles.